The Morgan fingerprint density at radius 3 is 2.74 bits per heavy atom. The number of nitrogens with zero attached hydrogens (tertiary/aromatic N) is 3. The molecule has 0 fully saturated rings. The molecule has 0 unspecified atom stereocenters. The van der Waals surface area contributed by atoms with E-state index in [9.17, 15) is 18.0 Å². The minimum atomic E-state index is -4.64. The van der Waals surface area contributed by atoms with E-state index in [0.717, 1.165) is 10.2 Å². The van der Waals surface area contributed by atoms with Gasteiger partial charge in [0.05, 0.1) is 12.2 Å². The molecule has 23 heavy (non-hydrogen) atoms. The molecule has 122 valence electrons. The molecule has 0 aliphatic carbocycles. The lowest BCUT2D eigenvalue weighted by molar-refractivity contribution is -0.138. The fourth-order valence-corrected chi connectivity index (χ4v) is 2.94. The van der Waals surface area contributed by atoms with Crippen LogP contribution in [-0.2, 0) is 19.6 Å². The summed E-state index contributed by atoms with van der Waals surface area (Å²) in [5, 5.41) is 3.60. The highest BCUT2D eigenvalue weighted by Gasteiger charge is 2.42. The largest absolute Gasteiger partial charge is 0.420 e. The summed E-state index contributed by atoms with van der Waals surface area (Å²) >= 11 is 0. The van der Waals surface area contributed by atoms with Crippen LogP contribution in [0.2, 0.25) is 0 Å². The van der Waals surface area contributed by atoms with Gasteiger partial charge in [-0.1, -0.05) is 18.2 Å². The fraction of sp³-hybridized carbons (Fsp3) is 0.333. The number of halogens is 3. The van der Waals surface area contributed by atoms with Gasteiger partial charge in [0, 0.05) is 19.3 Å². The Bertz CT molecular complexity index is 753. The topological polar surface area (TPSA) is 64.2 Å². The second-order valence-corrected chi connectivity index (χ2v) is 5.43. The molecule has 3 rings (SSSR count). The molecule has 8 heteroatoms. The first-order valence-electron chi connectivity index (χ1n) is 7.05. The second kappa shape index (κ2) is 5.38. The second-order valence-electron chi connectivity index (χ2n) is 5.43. The van der Waals surface area contributed by atoms with Crippen molar-refractivity contribution < 1.29 is 18.0 Å². The summed E-state index contributed by atoms with van der Waals surface area (Å²) in [7, 11) is 1.32. The molecule has 2 heterocycles. The Hall–Kier alpha value is -2.35. The maximum absolute atomic E-state index is 13.1. The molecule has 1 aromatic heterocycles. The van der Waals surface area contributed by atoms with E-state index in [2.05, 4.69) is 5.10 Å². The zero-order valence-electron chi connectivity index (χ0n) is 12.3. The zero-order chi connectivity index (χ0) is 16.8. The van der Waals surface area contributed by atoms with Crippen LogP contribution in [-0.4, -0.2) is 28.3 Å². The van der Waals surface area contributed by atoms with Crippen molar-refractivity contribution >= 4 is 11.6 Å². The van der Waals surface area contributed by atoms with Crippen molar-refractivity contribution in [1.82, 2.24) is 9.78 Å². The lowest BCUT2D eigenvalue weighted by Crippen LogP contribution is -2.43. The van der Waals surface area contributed by atoms with Crippen molar-refractivity contribution in [3.05, 3.63) is 47.3 Å². The van der Waals surface area contributed by atoms with Crippen molar-refractivity contribution in [2.24, 2.45) is 12.8 Å². The van der Waals surface area contributed by atoms with Crippen molar-refractivity contribution in [2.45, 2.75) is 18.6 Å². The molecular formula is C15H15F3N4O. The number of hydrogen-bond acceptors (Lipinski definition) is 3. The molecule has 0 bridgehead atoms. The summed E-state index contributed by atoms with van der Waals surface area (Å²) in [4.78, 5) is 14.2. The zero-order valence-corrected chi connectivity index (χ0v) is 12.3. The van der Waals surface area contributed by atoms with E-state index in [1.54, 1.807) is 12.1 Å². The van der Waals surface area contributed by atoms with Gasteiger partial charge in [-0.2, -0.15) is 18.3 Å². The number of benzene rings is 1. The SMILES string of the molecule is Cn1ncc(C(F)(F)F)c1C(=O)N1c2ccccc2C[C@@H]1CN. The van der Waals surface area contributed by atoms with E-state index < -0.39 is 23.3 Å². The molecule has 0 spiro atoms. The summed E-state index contributed by atoms with van der Waals surface area (Å²) in [6.45, 7) is 0.166. The van der Waals surface area contributed by atoms with E-state index >= 15 is 0 Å². The summed E-state index contributed by atoms with van der Waals surface area (Å²) in [6.07, 6.45) is -3.44. The van der Waals surface area contributed by atoms with E-state index in [1.807, 2.05) is 12.1 Å². The van der Waals surface area contributed by atoms with Crippen molar-refractivity contribution in [1.29, 1.82) is 0 Å². The van der Waals surface area contributed by atoms with Gasteiger partial charge >= 0.3 is 6.18 Å². The van der Waals surface area contributed by atoms with Gasteiger partial charge in [0.1, 0.15) is 11.3 Å². The van der Waals surface area contributed by atoms with Gasteiger partial charge in [0.25, 0.3) is 5.91 Å². The molecule has 2 aromatic rings. The van der Waals surface area contributed by atoms with Crippen molar-refractivity contribution in [3.8, 4) is 0 Å². The number of alkyl halides is 3. The first-order valence-corrected chi connectivity index (χ1v) is 7.05. The molecule has 5 nitrogen and oxygen atoms in total. The Kier molecular flexibility index (Phi) is 3.63. The van der Waals surface area contributed by atoms with E-state index in [4.69, 9.17) is 5.73 Å². The van der Waals surface area contributed by atoms with Crippen molar-refractivity contribution in [2.75, 3.05) is 11.4 Å². The number of hydrogen-bond donors (Lipinski definition) is 1. The molecular weight excluding hydrogens is 309 g/mol. The van der Waals surface area contributed by atoms with E-state index in [1.165, 1.54) is 11.9 Å². The number of rotatable bonds is 2. The van der Waals surface area contributed by atoms with Crippen molar-refractivity contribution in [3.63, 3.8) is 0 Å². The first kappa shape index (κ1) is 15.5. The predicted molar refractivity (Wildman–Crippen MR) is 78.0 cm³/mol. The molecule has 1 atom stereocenters. The lowest BCUT2D eigenvalue weighted by Gasteiger charge is -2.25. The standard InChI is InChI=1S/C15H15F3N4O/c1-21-13(11(8-20-21)15(16,17)18)14(23)22-10(7-19)6-9-4-2-3-5-12(9)22/h2-5,8,10H,6-7,19H2,1H3/t10-/m1/s1. The van der Waals surface area contributed by atoms with Gasteiger partial charge in [-0.05, 0) is 18.1 Å². The van der Waals surface area contributed by atoms with Gasteiger partial charge in [-0.3, -0.25) is 9.48 Å². The van der Waals surface area contributed by atoms with Gasteiger partial charge in [-0.25, -0.2) is 0 Å². The highest BCUT2D eigenvalue weighted by molar-refractivity contribution is 6.07. The number of carbonyl (C=O) groups is 1. The maximum Gasteiger partial charge on any atom is 0.420 e. The number of anilines is 1. The van der Waals surface area contributed by atoms with Crippen LogP contribution in [0.3, 0.4) is 0 Å². The minimum Gasteiger partial charge on any atom is -0.328 e. The van der Waals surface area contributed by atoms with Crippen LogP contribution in [0.15, 0.2) is 30.5 Å². The maximum atomic E-state index is 13.1. The lowest BCUT2D eigenvalue weighted by atomic mass is 10.1. The Labute approximate surface area is 130 Å². The molecule has 1 aliphatic heterocycles. The number of fused-ring (bicyclic) bond motifs is 1. The van der Waals surface area contributed by atoms with Gasteiger partial charge < -0.3 is 10.6 Å². The number of nitrogens with two attached hydrogens (primary N) is 1. The number of amides is 1. The Morgan fingerprint density at radius 1 is 1.39 bits per heavy atom. The smallest absolute Gasteiger partial charge is 0.328 e. The summed E-state index contributed by atoms with van der Waals surface area (Å²) < 4.78 is 40.4. The molecule has 1 aromatic carbocycles. The van der Waals surface area contributed by atoms with E-state index in [-0.39, 0.29) is 12.6 Å². The van der Waals surface area contributed by atoms with Crippen LogP contribution >= 0.6 is 0 Å². The predicted octanol–water partition coefficient (Wildman–Crippen LogP) is 1.97. The summed E-state index contributed by atoms with van der Waals surface area (Å²) in [5.41, 5.74) is 5.70. The van der Waals surface area contributed by atoms with Crippen LogP contribution in [0.1, 0.15) is 21.6 Å². The third-order valence-electron chi connectivity index (χ3n) is 4.01. The number of para-hydroxylation sites is 1. The third-order valence-corrected chi connectivity index (χ3v) is 4.01. The average Bonchev–Trinajstić information content (AvgIpc) is 3.06. The van der Waals surface area contributed by atoms with Crippen LogP contribution < -0.4 is 10.6 Å². The van der Waals surface area contributed by atoms with Gasteiger partial charge in [-0.15, -0.1) is 0 Å². The fourth-order valence-electron chi connectivity index (χ4n) is 2.94. The molecule has 1 amide bonds. The Morgan fingerprint density at radius 2 is 2.09 bits per heavy atom. The summed E-state index contributed by atoms with van der Waals surface area (Å²) in [5.74, 6) is -0.738. The summed E-state index contributed by atoms with van der Waals surface area (Å²) in [6, 6.07) is 6.76. The number of aryl methyl sites for hydroxylation is 1. The Balaban J connectivity index is 2.09. The first-order chi connectivity index (χ1) is 10.8. The highest BCUT2D eigenvalue weighted by atomic mass is 19.4. The monoisotopic (exact) mass is 324 g/mol. The van der Waals surface area contributed by atoms with Crippen LogP contribution in [0.5, 0.6) is 0 Å². The molecule has 2 N–H and O–H groups in total. The van der Waals surface area contributed by atoms with Gasteiger partial charge in [0.2, 0.25) is 0 Å². The molecule has 0 saturated carbocycles. The minimum absolute atomic E-state index is 0.166. The van der Waals surface area contributed by atoms with Crippen LogP contribution in [0.25, 0.3) is 0 Å². The number of aromatic nitrogens is 2. The van der Waals surface area contributed by atoms with E-state index in [0.29, 0.717) is 18.3 Å². The third kappa shape index (κ3) is 2.48. The normalized spacial score (nSPS) is 17.4. The highest BCUT2D eigenvalue weighted by Crippen LogP contribution is 2.36. The number of carbonyl (C=O) groups excluding carboxylic acids is 1. The van der Waals surface area contributed by atoms with Crippen LogP contribution in [0, 0.1) is 0 Å². The quantitative estimate of drug-likeness (QED) is 0.918. The van der Waals surface area contributed by atoms with Gasteiger partial charge in [0.15, 0.2) is 0 Å². The average molecular weight is 324 g/mol. The molecule has 0 radical (unpaired) electrons. The molecule has 0 saturated heterocycles. The van der Waals surface area contributed by atoms with Crippen LogP contribution in [0.4, 0.5) is 18.9 Å². The molecule has 1 aliphatic rings.